The van der Waals surface area contributed by atoms with Crippen LogP contribution in [-0.4, -0.2) is 62.1 Å². The highest BCUT2D eigenvalue weighted by Crippen LogP contribution is 2.28. The van der Waals surface area contributed by atoms with E-state index < -0.39 is 0 Å². The van der Waals surface area contributed by atoms with Gasteiger partial charge in [-0.25, -0.2) is 0 Å². The maximum absolute atomic E-state index is 4.42. The Labute approximate surface area is 141 Å². The zero-order chi connectivity index (χ0) is 13.7. The molecular weight excluding hydrogens is 363 g/mol. The van der Waals surface area contributed by atoms with Crippen molar-refractivity contribution in [2.75, 3.05) is 46.3 Å². The highest BCUT2D eigenvalue weighted by atomic mass is 127. The molecule has 0 radical (unpaired) electrons. The van der Waals surface area contributed by atoms with Gasteiger partial charge < -0.3 is 15.1 Å². The molecule has 2 heterocycles. The Bertz CT molecular complexity index is 311. The second-order valence-electron chi connectivity index (χ2n) is 6.71. The third-order valence-electron chi connectivity index (χ3n) is 4.32. The van der Waals surface area contributed by atoms with Gasteiger partial charge in [-0.15, -0.1) is 24.0 Å². The minimum absolute atomic E-state index is 0. The van der Waals surface area contributed by atoms with Gasteiger partial charge in [0, 0.05) is 26.7 Å². The molecule has 0 saturated carbocycles. The molecule has 1 N–H and O–H groups in total. The van der Waals surface area contributed by atoms with Crippen molar-refractivity contribution in [2.45, 2.75) is 39.5 Å². The number of nitrogens with zero attached hydrogens (tertiary/aromatic N) is 3. The molecule has 0 unspecified atom stereocenters. The van der Waals surface area contributed by atoms with Crippen molar-refractivity contribution in [3.63, 3.8) is 0 Å². The molecule has 2 fully saturated rings. The first-order valence-electron chi connectivity index (χ1n) is 7.79. The molecule has 2 aliphatic heterocycles. The van der Waals surface area contributed by atoms with E-state index in [9.17, 15) is 0 Å². The number of guanidine groups is 1. The summed E-state index contributed by atoms with van der Waals surface area (Å²) in [5, 5.41) is 3.52. The summed E-state index contributed by atoms with van der Waals surface area (Å²) >= 11 is 0. The molecule has 0 bridgehead atoms. The molecule has 0 aliphatic carbocycles. The van der Waals surface area contributed by atoms with Crippen molar-refractivity contribution >= 4 is 29.9 Å². The van der Waals surface area contributed by atoms with Crippen LogP contribution in [0.5, 0.6) is 0 Å². The molecule has 118 valence electrons. The van der Waals surface area contributed by atoms with Gasteiger partial charge in [0.25, 0.3) is 0 Å². The fourth-order valence-electron chi connectivity index (χ4n) is 3.13. The summed E-state index contributed by atoms with van der Waals surface area (Å²) in [6.07, 6.45) is 5.26. The first-order valence-corrected chi connectivity index (χ1v) is 7.79. The molecule has 0 aromatic heterocycles. The van der Waals surface area contributed by atoms with Crippen LogP contribution in [0.1, 0.15) is 39.5 Å². The van der Waals surface area contributed by atoms with Crippen molar-refractivity contribution in [1.29, 1.82) is 0 Å². The van der Waals surface area contributed by atoms with Crippen LogP contribution in [0, 0.1) is 5.41 Å². The maximum Gasteiger partial charge on any atom is 0.193 e. The molecule has 5 heteroatoms. The van der Waals surface area contributed by atoms with Gasteiger partial charge in [-0.05, 0) is 50.7 Å². The number of aliphatic imine (C=N–C) groups is 1. The minimum Gasteiger partial charge on any atom is -0.356 e. The summed E-state index contributed by atoms with van der Waals surface area (Å²) < 4.78 is 0. The molecule has 2 saturated heterocycles. The lowest BCUT2D eigenvalue weighted by Gasteiger charge is -2.24. The largest absolute Gasteiger partial charge is 0.356 e. The van der Waals surface area contributed by atoms with Crippen molar-refractivity contribution in [3.8, 4) is 0 Å². The molecule has 4 nitrogen and oxygen atoms in total. The Morgan fingerprint density at radius 3 is 2.45 bits per heavy atom. The standard InChI is InChI=1S/C15H30N4.HI/c1-15(2)7-12-19(13-15)14(16-3)17-8-6-11-18-9-4-5-10-18;/h4-13H2,1-3H3,(H,16,17);1H. The summed E-state index contributed by atoms with van der Waals surface area (Å²) in [6, 6.07) is 0. The van der Waals surface area contributed by atoms with Crippen LogP contribution in [-0.2, 0) is 0 Å². The minimum atomic E-state index is 0. The zero-order valence-corrected chi connectivity index (χ0v) is 15.7. The lowest BCUT2D eigenvalue weighted by atomic mass is 9.93. The first-order chi connectivity index (χ1) is 9.11. The van der Waals surface area contributed by atoms with Crippen molar-refractivity contribution < 1.29 is 0 Å². The van der Waals surface area contributed by atoms with Gasteiger partial charge in [0.05, 0.1) is 0 Å². The number of nitrogens with one attached hydrogen (secondary N) is 1. The van der Waals surface area contributed by atoms with Crippen LogP contribution in [0.2, 0.25) is 0 Å². The monoisotopic (exact) mass is 394 g/mol. The van der Waals surface area contributed by atoms with E-state index in [4.69, 9.17) is 0 Å². The van der Waals surface area contributed by atoms with Crippen LogP contribution in [0.25, 0.3) is 0 Å². The summed E-state index contributed by atoms with van der Waals surface area (Å²) in [5.74, 6) is 1.09. The fourth-order valence-corrected chi connectivity index (χ4v) is 3.13. The zero-order valence-electron chi connectivity index (χ0n) is 13.3. The number of likely N-dealkylation sites (tertiary alicyclic amines) is 2. The van der Waals surface area contributed by atoms with E-state index in [-0.39, 0.29) is 24.0 Å². The van der Waals surface area contributed by atoms with Gasteiger partial charge in [-0.1, -0.05) is 13.8 Å². The van der Waals surface area contributed by atoms with Crippen molar-refractivity contribution in [1.82, 2.24) is 15.1 Å². The van der Waals surface area contributed by atoms with E-state index in [1.807, 2.05) is 7.05 Å². The van der Waals surface area contributed by atoms with E-state index in [1.54, 1.807) is 0 Å². The van der Waals surface area contributed by atoms with Gasteiger partial charge in [0.1, 0.15) is 0 Å². The van der Waals surface area contributed by atoms with Gasteiger partial charge in [0.15, 0.2) is 5.96 Å². The lowest BCUT2D eigenvalue weighted by molar-refractivity contribution is 0.332. The molecule has 0 aromatic rings. The van der Waals surface area contributed by atoms with Gasteiger partial charge >= 0.3 is 0 Å². The number of rotatable bonds is 4. The van der Waals surface area contributed by atoms with E-state index in [2.05, 4.69) is 34.0 Å². The number of hydrogen-bond donors (Lipinski definition) is 1. The Morgan fingerprint density at radius 1 is 1.20 bits per heavy atom. The first kappa shape index (κ1) is 18.0. The normalized spacial score (nSPS) is 22.9. The van der Waals surface area contributed by atoms with Crippen LogP contribution in [0.3, 0.4) is 0 Å². The predicted molar refractivity (Wildman–Crippen MR) is 97.0 cm³/mol. The second kappa shape index (κ2) is 8.41. The summed E-state index contributed by atoms with van der Waals surface area (Å²) in [7, 11) is 1.90. The third kappa shape index (κ3) is 5.39. The smallest absolute Gasteiger partial charge is 0.193 e. The summed E-state index contributed by atoms with van der Waals surface area (Å²) in [4.78, 5) is 9.39. The third-order valence-corrected chi connectivity index (χ3v) is 4.32. The average molecular weight is 394 g/mol. The lowest BCUT2D eigenvalue weighted by Crippen LogP contribution is -2.41. The Hall–Kier alpha value is -0.0400. The van der Waals surface area contributed by atoms with Crippen LogP contribution in [0.4, 0.5) is 0 Å². The van der Waals surface area contributed by atoms with E-state index in [0.717, 1.165) is 25.6 Å². The fraction of sp³-hybridized carbons (Fsp3) is 0.933. The van der Waals surface area contributed by atoms with Gasteiger partial charge in [0.2, 0.25) is 0 Å². The molecular formula is C15H31IN4. The van der Waals surface area contributed by atoms with Crippen molar-refractivity contribution in [3.05, 3.63) is 0 Å². The van der Waals surface area contributed by atoms with Gasteiger partial charge in [-0.2, -0.15) is 0 Å². The highest BCUT2D eigenvalue weighted by molar-refractivity contribution is 14.0. The van der Waals surface area contributed by atoms with Gasteiger partial charge in [-0.3, -0.25) is 4.99 Å². The highest BCUT2D eigenvalue weighted by Gasteiger charge is 2.30. The van der Waals surface area contributed by atoms with Crippen LogP contribution < -0.4 is 5.32 Å². The predicted octanol–water partition coefficient (Wildman–Crippen LogP) is 2.40. The molecule has 0 spiro atoms. The van der Waals surface area contributed by atoms with Crippen molar-refractivity contribution in [2.24, 2.45) is 10.4 Å². The van der Waals surface area contributed by atoms with E-state index in [1.165, 1.54) is 45.3 Å². The summed E-state index contributed by atoms with van der Waals surface area (Å²) in [6.45, 7) is 11.8. The average Bonchev–Trinajstić information content (AvgIpc) is 2.99. The molecule has 0 aromatic carbocycles. The van der Waals surface area contributed by atoms with E-state index in [0.29, 0.717) is 5.41 Å². The Morgan fingerprint density at radius 2 is 1.90 bits per heavy atom. The Balaban J connectivity index is 0.00000200. The van der Waals surface area contributed by atoms with E-state index >= 15 is 0 Å². The molecule has 0 atom stereocenters. The quantitative estimate of drug-likeness (QED) is 0.344. The molecule has 2 aliphatic rings. The maximum atomic E-state index is 4.42. The van der Waals surface area contributed by atoms with Crippen LogP contribution >= 0.6 is 24.0 Å². The number of hydrogen-bond acceptors (Lipinski definition) is 2. The second-order valence-corrected chi connectivity index (χ2v) is 6.71. The topological polar surface area (TPSA) is 30.9 Å². The molecule has 0 amide bonds. The summed E-state index contributed by atoms with van der Waals surface area (Å²) in [5.41, 5.74) is 0.438. The molecule has 2 rings (SSSR count). The SMILES string of the molecule is CN=C(NCCCN1CCCC1)N1CCC(C)(C)C1.I. The molecule has 20 heavy (non-hydrogen) atoms. The number of halogens is 1. The Kier molecular flexibility index (Phi) is 7.58. The van der Waals surface area contributed by atoms with Crippen LogP contribution in [0.15, 0.2) is 4.99 Å².